The zero-order valence-corrected chi connectivity index (χ0v) is 11.3. The van der Waals surface area contributed by atoms with Crippen molar-refractivity contribution in [2.75, 3.05) is 13.6 Å². The highest BCUT2D eigenvalue weighted by Crippen LogP contribution is 2.04. The lowest BCUT2D eigenvalue weighted by atomic mass is 10.1. The summed E-state index contributed by atoms with van der Waals surface area (Å²) in [6.07, 6.45) is 2.13. The molecule has 0 heterocycles. The molecule has 0 aliphatic carbocycles. The Bertz CT molecular complexity index is 325. The van der Waals surface area contributed by atoms with E-state index in [1.165, 1.54) is 5.56 Å². The molecular formula is C13H21ClN2O. The molecule has 0 aromatic heterocycles. The lowest BCUT2D eigenvalue weighted by molar-refractivity contribution is 0.0953. The molecule has 3 nitrogen and oxygen atoms in total. The van der Waals surface area contributed by atoms with Crippen LogP contribution in [0.5, 0.6) is 0 Å². The van der Waals surface area contributed by atoms with Gasteiger partial charge in [0.15, 0.2) is 0 Å². The highest BCUT2D eigenvalue weighted by atomic mass is 35.5. The highest BCUT2D eigenvalue weighted by molar-refractivity contribution is 5.94. The summed E-state index contributed by atoms with van der Waals surface area (Å²) in [6.45, 7) is 3.70. The summed E-state index contributed by atoms with van der Waals surface area (Å²) in [5, 5.41) is 5.97. The minimum atomic E-state index is 0. The molecule has 0 bridgehead atoms. The Balaban J connectivity index is 0.00000256. The van der Waals surface area contributed by atoms with E-state index in [1.54, 1.807) is 0 Å². The van der Waals surface area contributed by atoms with Crippen LogP contribution in [0.15, 0.2) is 24.3 Å². The van der Waals surface area contributed by atoms with Gasteiger partial charge in [-0.25, -0.2) is 0 Å². The maximum Gasteiger partial charge on any atom is 0.251 e. The van der Waals surface area contributed by atoms with Crippen LogP contribution >= 0.6 is 12.4 Å². The molecule has 96 valence electrons. The van der Waals surface area contributed by atoms with Gasteiger partial charge in [-0.1, -0.05) is 25.5 Å². The number of carbonyl (C=O) groups excluding carboxylic acids is 1. The molecule has 0 unspecified atom stereocenters. The van der Waals surface area contributed by atoms with Gasteiger partial charge in [-0.2, -0.15) is 0 Å². The predicted octanol–water partition coefficient (Wildman–Crippen LogP) is 2.36. The Hall–Kier alpha value is -1.06. The molecule has 4 heteroatoms. The molecular weight excluding hydrogens is 236 g/mol. The molecule has 0 spiro atoms. The fourth-order valence-corrected chi connectivity index (χ4v) is 1.46. The van der Waals surface area contributed by atoms with Gasteiger partial charge >= 0.3 is 0 Å². The number of benzene rings is 1. The Morgan fingerprint density at radius 2 is 1.88 bits per heavy atom. The molecule has 1 amide bonds. The third-order valence-electron chi connectivity index (χ3n) is 2.41. The second kappa shape index (κ2) is 9.02. The van der Waals surface area contributed by atoms with E-state index in [0.29, 0.717) is 0 Å². The molecule has 0 saturated heterocycles. The Labute approximate surface area is 109 Å². The molecule has 0 fully saturated rings. The van der Waals surface area contributed by atoms with Gasteiger partial charge in [0.1, 0.15) is 0 Å². The summed E-state index contributed by atoms with van der Waals surface area (Å²) in [4.78, 5) is 11.7. The number of amides is 1. The van der Waals surface area contributed by atoms with Gasteiger partial charge in [-0.05, 0) is 31.2 Å². The van der Waals surface area contributed by atoms with E-state index in [0.717, 1.165) is 31.5 Å². The summed E-state index contributed by atoms with van der Waals surface area (Å²) < 4.78 is 0. The SMILES string of the molecule is CCCCNC(=O)c1ccc(CNC)cc1.Cl. The van der Waals surface area contributed by atoms with Crippen molar-refractivity contribution >= 4 is 18.3 Å². The first-order valence-electron chi connectivity index (χ1n) is 5.79. The van der Waals surface area contributed by atoms with E-state index in [4.69, 9.17) is 0 Å². The number of hydrogen-bond acceptors (Lipinski definition) is 2. The first-order chi connectivity index (χ1) is 7.77. The lowest BCUT2D eigenvalue weighted by Gasteiger charge is -2.05. The van der Waals surface area contributed by atoms with E-state index >= 15 is 0 Å². The third-order valence-corrected chi connectivity index (χ3v) is 2.41. The Morgan fingerprint density at radius 3 is 2.41 bits per heavy atom. The zero-order valence-electron chi connectivity index (χ0n) is 10.5. The molecule has 0 saturated carbocycles. The maximum atomic E-state index is 11.7. The van der Waals surface area contributed by atoms with Crippen molar-refractivity contribution in [1.29, 1.82) is 0 Å². The van der Waals surface area contributed by atoms with Crippen molar-refractivity contribution in [2.24, 2.45) is 0 Å². The molecule has 0 aliphatic heterocycles. The fourth-order valence-electron chi connectivity index (χ4n) is 1.46. The third kappa shape index (κ3) is 5.71. The summed E-state index contributed by atoms with van der Waals surface area (Å²) >= 11 is 0. The molecule has 1 rings (SSSR count). The number of rotatable bonds is 6. The molecule has 2 N–H and O–H groups in total. The van der Waals surface area contributed by atoms with Crippen LogP contribution in [0.4, 0.5) is 0 Å². The van der Waals surface area contributed by atoms with Gasteiger partial charge in [0.25, 0.3) is 5.91 Å². The van der Waals surface area contributed by atoms with Crippen LogP contribution in [0.1, 0.15) is 35.7 Å². The number of halogens is 1. The molecule has 0 atom stereocenters. The minimum Gasteiger partial charge on any atom is -0.352 e. The lowest BCUT2D eigenvalue weighted by Crippen LogP contribution is -2.24. The number of unbranched alkanes of at least 4 members (excludes halogenated alkanes) is 1. The van der Waals surface area contributed by atoms with E-state index < -0.39 is 0 Å². The van der Waals surface area contributed by atoms with E-state index in [1.807, 2.05) is 31.3 Å². The summed E-state index contributed by atoms with van der Waals surface area (Å²) in [5.41, 5.74) is 1.92. The van der Waals surface area contributed by atoms with Gasteiger partial charge in [0.05, 0.1) is 0 Å². The average Bonchev–Trinajstić information content (AvgIpc) is 2.30. The topological polar surface area (TPSA) is 41.1 Å². The normalized spacial score (nSPS) is 9.53. The molecule has 1 aromatic rings. The quantitative estimate of drug-likeness (QED) is 0.768. The number of carbonyl (C=O) groups is 1. The van der Waals surface area contributed by atoms with Gasteiger partial charge in [-0.15, -0.1) is 12.4 Å². The second-order valence-corrected chi connectivity index (χ2v) is 3.84. The van der Waals surface area contributed by atoms with Crippen LogP contribution in [-0.4, -0.2) is 19.5 Å². The largest absolute Gasteiger partial charge is 0.352 e. The molecule has 1 aromatic carbocycles. The Morgan fingerprint density at radius 1 is 1.24 bits per heavy atom. The van der Waals surface area contributed by atoms with E-state index in [2.05, 4.69) is 17.6 Å². The van der Waals surface area contributed by atoms with Crippen molar-refractivity contribution in [3.8, 4) is 0 Å². The summed E-state index contributed by atoms with van der Waals surface area (Å²) in [7, 11) is 1.91. The summed E-state index contributed by atoms with van der Waals surface area (Å²) in [5.74, 6) is 0.0180. The highest BCUT2D eigenvalue weighted by Gasteiger charge is 2.03. The van der Waals surface area contributed by atoms with Crippen LogP contribution in [0, 0.1) is 0 Å². The van der Waals surface area contributed by atoms with Crippen LogP contribution in [-0.2, 0) is 6.54 Å². The van der Waals surface area contributed by atoms with Crippen LogP contribution in [0.3, 0.4) is 0 Å². The van der Waals surface area contributed by atoms with Crippen LogP contribution in [0.25, 0.3) is 0 Å². The first kappa shape index (κ1) is 15.9. The van der Waals surface area contributed by atoms with Crippen LogP contribution in [0.2, 0.25) is 0 Å². The van der Waals surface area contributed by atoms with Crippen LogP contribution < -0.4 is 10.6 Å². The van der Waals surface area contributed by atoms with Crippen molar-refractivity contribution < 1.29 is 4.79 Å². The van der Waals surface area contributed by atoms with E-state index in [-0.39, 0.29) is 18.3 Å². The minimum absolute atomic E-state index is 0. The van der Waals surface area contributed by atoms with Crippen molar-refractivity contribution in [3.63, 3.8) is 0 Å². The fraction of sp³-hybridized carbons (Fsp3) is 0.462. The molecule has 0 radical (unpaired) electrons. The standard InChI is InChI=1S/C13H20N2O.ClH/c1-3-4-9-15-13(16)12-7-5-11(6-8-12)10-14-2;/h5-8,14H,3-4,9-10H2,1-2H3,(H,15,16);1H. The van der Waals surface area contributed by atoms with Gasteiger partial charge in [0.2, 0.25) is 0 Å². The monoisotopic (exact) mass is 256 g/mol. The maximum absolute atomic E-state index is 11.7. The number of nitrogens with one attached hydrogen (secondary N) is 2. The zero-order chi connectivity index (χ0) is 11.8. The average molecular weight is 257 g/mol. The summed E-state index contributed by atoms with van der Waals surface area (Å²) in [6, 6.07) is 7.69. The molecule has 17 heavy (non-hydrogen) atoms. The van der Waals surface area contributed by atoms with Crippen molar-refractivity contribution in [3.05, 3.63) is 35.4 Å². The number of hydrogen-bond donors (Lipinski definition) is 2. The van der Waals surface area contributed by atoms with Gasteiger partial charge in [0, 0.05) is 18.7 Å². The van der Waals surface area contributed by atoms with Crippen molar-refractivity contribution in [1.82, 2.24) is 10.6 Å². The predicted molar refractivity (Wildman–Crippen MR) is 73.7 cm³/mol. The smallest absolute Gasteiger partial charge is 0.251 e. The van der Waals surface area contributed by atoms with Crippen molar-refractivity contribution in [2.45, 2.75) is 26.3 Å². The second-order valence-electron chi connectivity index (χ2n) is 3.84. The van der Waals surface area contributed by atoms with Gasteiger partial charge < -0.3 is 10.6 Å². The van der Waals surface area contributed by atoms with E-state index in [9.17, 15) is 4.79 Å². The molecule has 0 aliphatic rings. The van der Waals surface area contributed by atoms with Gasteiger partial charge in [-0.3, -0.25) is 4.79 Å². The Kier molecular flexibility index (Phi) is 8.46. The first-order valence-corrected chi connectivity index (χ1v) is 5.79.